The molecule has 15 heavy (non-hydrogen) atoms. The summed E-state index contributed by atoms with van der Waals surface area (Å²) in [4.78, 5) is 2.65. The third-order valence-corrected chi connectivity index (χ3v) is 4.07. The van der Waals surface area contributed by atoms with Crippen molar-refractivity contribution in [1.82, 2.24) is 10.2 Å². The van der Waals surface area contributed by atoms with Gasteiger partial charge in [-0.1, -0.05) is 0 Å². The van der Waals surface area contributed by atoms with Gasteiger partial charge in [0.05, 0.1) is 6.10 Å². The summed E-state index contributed by atoms with van der Waals surface area (Å²) >= 11 is 0. The van der Waals surface area contributed by atoms with E-state index in [4.69, 9.17) is 4.74 Å². The molecule has 3 atom stereocenters. The van der Waals surface area contributed by atoms with Crippen molar-refractivity contribution in [1.29, 1.82) is 0 Å². The molecular formula is C12H24N2O. The predicted molar refractivity (Wildman–Crippen MR) is 62.1 cm³/mol. The van der Waals surface area contributed by atoms with Crippen molar-refractivity contribution in [2.24, 2.45) is 0 Å². The molecule has 3 nitrogen and oxygen atoms in total. The Morgan fingerprint density at radius 3 is 2.80 bits per heavy atom. The maximum atomic E-state index is 5.48. The average molecular weight is 212 g/mol. The Labute approximate surface area is 93.2 Å². The van der Waals surface area contributed by atoms with Gasteiger partial charge in [0.1, 0.15) is 0 Å². The van der Waals surface area contributed by atoms with Gasteiger partial charge in [0.25, 0.3) is 0 Å². The minimum atomic E-state index is 0.479. The average Bonchev–Trinajstić information content (AvgIpc) is 2.78. The number of ether oxygens (including phenoxy) is 1. The molecule has 0 amide bonds. The van der Waals surface area contributed by atoms with E-state index in [1.807, 2.05) is 7.11 Å². The SMILES string of the molecule is CNC1CCC(N2CCCC(OC)C2)C1. The van der Waals surface area contributed by atoms with Crippen LogP contribution in [0.5, 0.6) is 0 Å². The number of piperidine rings is 1. The quantitative estimate of drug-likeness (QED) is 0.762. The fourth-order valence-corrected chi connectivity index (χ4v) is 3.04. The van der Waals surface area contributed by atoms with Crippen LogP contribution in [0.2, 0.25) is 0 Å². The first-order valence-corrected chi connectivity index (χ1v) is 6.27. The van der Waals surface area contributed by atoms with Gasteiger partial charge in [0.2, 0.25) is 0 Å². The molecule has 0 bridgehead atoms. The molecule has 2 aliphatic rings. The summed E-state index contributed by atoms with van der Waals surface area (Å²) in [5.74, 6) is 0. The Hall–Kier alpha value is -0.120. The number of rotatable bonds is 3. The van der Waals surface area contributed by atoms with Crippen LogP contribution in [0.25, 0.3) is 0 Å². The standard InChI is InChI=1S/C12H24N2O/c1-13-10-5-6-11(8-10)14-7-3-4-12(9-14)15-2/h10-13H,3-9H2,1-2H3. The van der Waals surface area contributed by atoms with Crippen molar-refractivity contribution >= 4 is 0 Å². The highest BCUT2D eigenvalue weighted by molar-refractivity contribution is 4.88. The number of hydrogen-bond acceptors (Lipinski definition) is 3. The van der Waals surface area contributed by atoms with Gasteiger partial charge in [-0.05, 0) is 45.7 Å². The fourth-order valence-electron chi connectivity index (χ4n) is 3.04. The number of nitrogens with zero attached hydrogens (tertiary/aromatic N) is 1. The molecule has 0 aromatic rings. The number of methoxy groups -OCH3 is 1. The van der Waals surface area contributed by atoms with E-state index in [9.17, 15) is 0 Å². The smallest absolute Gasteiger partial charge is 0.0698 e. The van der Waals surface area contributed by atoms with Gasteiger partial charge in [0.15, 0.2) is 0 Å². The zero-order chi connectivity index (χ0) is 10.7. The van der Waals surface area contributed by atoms with Crippen LogP contribution in [0, 0.1) is 0 Å². The van der Waals surface area contributed by atoms with E-state index >= 15 is 0 Å². The molecular weight excluding hydrogens is 188 g/mol. The predicted octanol–water partition coefficient (Wildman–Crippen LogP) is 1.24. The first kappa shape index (κ1) is 11.4. The molecule has 0 spiro atoms. The minimum absolute atomic E-state index is 0.479. The summed E-state index contributed by atoms with van der Waals surface area (Å²) in [6.45, 7) is 2.43. The molecule has 0 aromatic heterocycles. The Morgan fingerprint density at radius 2 is 2.13 bits per heavy atom. The van der Waals surface area contributed by atoms with E-state index in [-0.39, 0.29) is 0 Å². The highest BCUT2D eigenvalue weighted by Crippen LogP contribution is 2.27. The van der Waals surface area contributed by atoms with Crippen LogP contribution in [0.4, 0.5) is 0 Å². The molecule has 1 aliphatic carbocycles. The maximum Gasteiger partial charge on any atom is 0.0698 e. The van der Waals surface area contributed by atoms with Crippen molar-refractivity contribution < 1.29 is 4.74 Å². The molecule has 1 saturated heterocycles. The van der Waals surface area contributed by atoms with Crippen LogP contribution < -0.4 is 5.32 Å². The summed E-state index contributed by atoms with van der Waals surface area (Å²) in [7, 11) is 3.93. The van der Waals surface area contributed by atoms with E-state index in [1.165, 1.54) is 38.6 Å². The normalized spacial score (nSPS) is 38.4. The number of hydrogen-bond donors (Lipinski definition) is 1. The first-order valence-electron chi connectivity index (χ1n) is 6.27. The summed E-state index contributed by atoms with van der Waals surface area (Å²) in [5.41, 5.74) is 0. The topological polar surface area (TPSA) is 24.5 Å². The zero-order valence-corrected chi connectivity index (χ0v) is 10.0. The summed E-state index contributed by atoms with van der Waals surface area (Å²) in [6, 6.07) is 1.55. The van der Waals surface area contributed by atoms with Crippen LogP contribution in [0.15, 0.2) is 0 Å². The van der Waals surface area contributed by atoms with Gasteiger partial charge in [-0.25, -0.2) is 0 Å². The van der Waals surface area contributed by atoms with Crippen molar-refractivity contribution in [3.05, 3.63) is 0 Å². The Kier molecular flexibility index (Phi) is 4.00. The molecule has 2 rings (SSSR count). The van der Waals surface area contributed by atoms with E-state index in [2.05, 4.69) is 17.3 Å². The molecule has 1 saturated carbocycles. The van der Waals surface area contributed by atoms with E-state index in [0.717, 1.165) is 18.6 Å². The highest BCUT2D eigenvalue weighted by atomic mass is 16.5. The lowest BCUT2D eigenvalue weighted by Crippen LogP contribution is -2.44. The van der Waals surface area contributed by atoms with Gasteiger partial charge in [-0.3, -0.25) is 4.90 Å². The Balaban J connectivity index is 1.83. The molecule has 1 aliphatic heterocycles. The number of likely N-dealkylation sites (tertiary alicyclic amines) is 1. The van der Waals surface area contributed by atoms with Crippen LogP contribution in [0.1, 0.15) is 32.1 Å². The lowest BCUT2D eigenvalue weighted by molar-refractivity contribution is 0.0153. The van der Waals surface area contributed by atoms with Crippen LogP contribution in [-0.4, -0.2) is 50.3 Å². The summed E-state index contributed by atoms with van der Waals surface area (Å²) in [6.07, 6.45) is 7.06. The monoisotopic (exact) mass is 212 g/mol. The van der Waals surface area contributed by atoms with E-state index < -0.39 is 0 Å². The Bertz CT molecular complexity index is 198. The van der Waals surface area contributed by atoms with E-state index in [1.54, 1.807) is 0 Å². The van der Waals surface area contributed by atoms with Crippen LogP contribution in [-0.2, 0) is 4.74 Å². The molecule has 2 fully saturated rings. The first-order chi connectivity index (χ1) is 7.33. The largest absolute Gasteiger partial charge is 0.380 e. The van der Waals surface area contributed by atoms with Crippen LogP contribution >= 0.6 is 0 Å². The third-order valence-electron chi connectivity index (χ3n) is 4.07. The number of nitrogens with one attached hydrogen (secondary N) is 1. The third kappa shape index (κ3) is 2.71. The molecule has 1 heterocycles. The van der Waals surface area contributed by atoms with Crippen molar-refractivity contribution in [2.75, 3.05) is 27.2 Å². The summed E-state index contributed by atoms with van der Waals surface area (Å²) in [5, 5.41) is 3.40. The molecule has 88 valence electrons. The zero-order valence-electron chi connectivity index (χ0n) is 10.0. The van der Waals surface area contributed by atoms with Gasteiger partial charge in [-0.2, -0.15) is 0 Å². The van der Waals surface area contributed by atoms with E-state index in [0.29, 0.717) is 6.10 Å². The lowest BCUT2D eigenvalue weighted by atomic mass is 10.0. The molecule has 0 radical (unpaired) electrons. The van der Waals surface area contributed by atoms with Crippen LogP contribution in [0.3, 0.4) is 0 Å². The van der Waals surface area contributed by atoms with Gasteiger partial charge < -0.3 is 10.1 Å². The molecule has 1 N–H and O–H groups in total. The molecule has 3 unspecified atom stereocenters. The Morgan fingerprint density at radius 1 is 1.27 bits per heavy atom. The highest BCUT2D eigenvalue weighted by Gasteiger charge is 2.31. The fraction of sp³-hybridized carbons (Fsp3) is 1.00. The lowest BCUT2D eigenvalue weighted by Gasteiger charge is -2.36. The van der Waals surface area contributed by atoms with Crippen molar-refractivity contribution in [2.45, 2.75) is 50.3 Å². The van der Waals surface area contributed by atoms with Crippen molar-refractivity contribution in [3.8, 4) is 0 Å². The molecule has 0 aromatic carbocycles. The second kappa shape index (κ2) is 5.28. The second-order valence-electron chi connectivity index (χ2n) is 4.95. The summed E-state index contributed by atoms with van der Waals surface area (Å²) < 4.78 is 5.48. The second-order valence-corrected chi connectivity index (χ2v) is 4.95. The minimum Gasteiger partial charge on any atom is -0.380 e. The molecule has 3 heteroatoms. The van der Waals surface area contributed by atoms with Gasteiger partial charge in [-0.15, -0.1) is 0 Å². The van der Waals surface area contributed by atoms with Gasteiger partial charge >= 0.3 is 0 Å². The van der Waals surface area contributed by atoms with Crippen molar-refractivity contribution in [3.63, 3.8) is 0 Å². The van der Waals surface area contributed by atoms with Gasteiger partial charge in [0, 0.05) is 25.7 Å². The maximum absolute atomic E-state index is 5.48.